The third-order valence-electron chi connectivity index (χ3n) is 3.26. The highest BCUT2D eigenvalue weighted by atomic mass is 15.1. The highest BCUT2D eigenvalue weighted by Crippen LogP contribution is 2.19. The Labute approximate surface area is 88.8 Å². The van der Waals surface area contributed by atoms with Crippen LogP contribution in [0, 0.1) is 5.92 Å². The van der Waals surface area contributed by atoms with Gasteiger partial charge in [0.15, 0.2) is 0 Å². The standard InChI is InChI=1S/C12H26N2/c1-2-3-4-9-14-10-5-6-12(11-14)7-8-13/h12H,2-11,13H2,1H3. The fraction of sp³-hybridized carbons (Fsp3) is 1.00. The van der Waals surface area contributed by atoms with Crippen LogP contribution in [0.15, 0.2) is 0 Å². The number of piperidine rings is 1. The topological polar surface area (TPSA) is 29.3 Å². The molecule has 0 radical (unpaired) electrons. The molecule has 1 aliphatic rings. The van der Waals surface area contributed by atoms with Gasteiger partial charge in [0.2, 0.25) is 0 Å². The van der Waals surface area contributed by atoms with Crippen LogP contribution < -0.4 is 5.73 Å². The van der Waals surface area contributed by atoms with Gasteiger partial charge in [-0.05, 0) is 51.2 Å². The molecule has 0 aliphatic carbocycles. The van der Waals surface area contributed by atoms with Gasteiger partial charge in [-0.25, -0.2) is 0 Å². The normalized spacial score (nSPS) is 24.0. The first-order valence-electron chi connectivity index (χ1n) is 6.29. The lowest BCUT2D eigenvalue weighted by atomic mass is 9.95. The van der Waals surface area contributed by atoms with Crippen molar-refractivity contribution in [2.24, 2.45) is 11.7 Å². The van der Waals surface area contributed by atoms with Crippen LogP contribution in [0.3, 0.4) is 0 Å². The molecule has 1 heterocycles. The number of unbranched alkanes of at least 4 members (excludes halogenated alkanes) is 2. The molecule has 1 unspecified atom stereocenters. The zero-order chi connectivity index (χ0) is 10.2. The lowest BCUT2D eigenvalue weighted by Crippen LogP contribution is -2.36. The second-order valence-corrected chi connectivity index (χ2v) is 4.59. The van der Waals surface area contributed by atoms with E-state index in [1.54, 1.807) is 0 Å². The quantitative estimate of drug-likeness (QED) is 0.663. The van der Waals surface area contributed by atoms with Crippen LogP contribution in [-0.4, -0.2) is 31.1 Å². The Morgan fingerprint density at radius 3 is 2.93 bits per heavy atom. The van der Waals surface area contributed by atoms with Crippen molar-refractivity contribution in [1.29, 1.82) is 0 Å². The van der Waals surface area contributed by atoms with E-state index in [0.717, 1.165) is 12.5 Å². The van der Waals surface area contributed by atoms with Gasteiger partial charge in [0.05, 0.1) is 0 Å². The minimum Gasteiger partial charge on any atom is -0.330 e. The summed E-state index contributed by atoms with van der Waals surface area (Å²) < 4.78 is 0. The first kappa shape index (κ1) is 12.0. The van der Waals surface area contributed by atoms with Crippen LogP contribution in [-0.2, 0) is 0 Å². The molecule has 0 spiro atoms. The van der Waals surface area contributed by atoms with Crippen LogP contribution in [0.25, 0.3) is 0 Å². The van der Waals surface area contributed by atoms with Crippen molar-refractivity contribution < 1.29 is 0 Å². The van der Waals surface area contributed by atoms with Crippen molar-refractivity contribution in [2.45, 2.75) is 45.4 Å². The molecule has 0 bridgehead atoms. The van der Waals surface area contributed by atoms with E-state index in [-0.39, 0.29) is 0 Å². The van der Waals surface area contributed by atoms with Crippen molar-refractivity contribution in [1.82, 2.24) is 4.90 Å². The Kier molecular flexibility index (Phi) is 6.20. The summed E-state index contributed by atoms with van der Waals surface area (Å²) in [6.07, 6.45) is 8.12. The average molecular weight is 198 g/mol. The van der Waals surface area contributed by atoms with E-state index in [4.69, 9.17) is 5.73 Å². The predicted molar refractivity (Wildman–Crippen MR) is 62.4 cm³/mol. The molecule has 0 aromatic carbocycles. The lowest BCUT2D eigenvalue weighted by Gasteiger charge is -2.32. The second-order valence-electron chi connectivity index (χ2n) is 4.59. The number of likely N-dealkylation sites (tertiary alicyclic amines) is 1. The summed E-state index contributed by atoms with van der Waals surface area (Å²) in [6, 6.07) is 0. The summed E-state index contributed by atoms with van der Waals surface area (Å²) in [5.41, 5.74) is 5.61. The van der Waals surface area contributed by atoms with Crippen molar-refractivity contribution in [3.8, 4) is 0 Å². The first-order chi connectivity index (χ1) is 6.86. The highest BCUT2D eigenvalue weighted by Gasteiger charge is 2.18. The molecular weight excluding hydrogens is 172 g/mol. The van der Waals surface area contributed by atoms with Gasteiger partial charge in [-0.15, -0.1) is 0 Å². The van der Waals surface area contributed by atoms with E-state index in [9.17, 15) is 0 Å². The number of hydrogen-bond donors (Lipinski definition) is 1. The van der Waals surface area contributed by atoms with E-state index >= 15 is 0 Å². The molecule has 1 saturated heterocycles. The molecular formula is C12H26N2. The molecule has 0 aromatic rings. The van der Waals surface area contributed by atoms with Gasteiger partial charge in [-0.1, -0.05) is 19.8 Å². The third kappa shape index (κ3) is 4.43. The molecule has 1 fully saturated rings. The monoisotopic (exact) mass is 198 g/mol. The maximum atomic E-state index is 5.61. The van der Waals surface area contributed by atoms with Gasteiger partial charge in [0.1, 0.15) is 0 Å². The maximum absolute atomic E-state index is 5.61. The van der Waals surface area contributed by atoms with Crippen molar-refractivity contribution in [2.75, 3.05) is 26.2 Å². The fourth-order valence-corrected chi connectivity index (χ4v) is 2.41. The second kappa shape index (κ2) is 7.24. The van der Waals surface area contributed by atoms with Gasteiger partial charge < -0.3 is 10.6 Å². The Hall–Kier alpha value is -0.0800. The molecule has 0 saturated carbocycles. The average Bonchev–Trinajstić information content (AvgIpc) is 2.19. The zero-order valence-electron chi connectivity index (χ0n) is 9.67. The van der Waals surface area contributed by atoms with E-state index in [2.05, 4.69) is 11.8 Å². The van der Waals surface area contributed by atoms with Crippen LogP contribution in [0.2, 0.25) is 0 Å². The lowest BCUT2D eigenvalue weighted by molar-refractivity contribution is 0.167. The van der Waals surface area contributed by atoms with E-state index < -0.39 is 0 Å². The summed E-state index contributed by atoms with van der Waals surface area (Å²) in [5.74, 6) is 0.885. The van der Waals surface area contributed by atoms with Crippen LogP contribution in [0.1, 0.15) is 45.4 Å². The van der Waals surface area contributed by atoms with Crippen molar-refractivity contribution in [3.05, 3.63) is 0 Å². The number of nitrogens with zero attached hydrogens (tertiary/aromatic N) is 1. The Morgan fingerprint density at radius 1 is 1.36 bits per heavy atom. The maximum Gasteiger partial charge on any atom is 0.00101 e. The Bertz CT molecular complexity index is 134. The summed E-state index contributed by atoms with van der Waals surface area (Å²) in [6.45, 7) is 7.08. The molecule has 0 amide bonds. The highest BCUT2D eigenvalue weighted by molar-refractivity contribution is 4.73. The summed E-state index contributed by atoms with van der Waals surface area (Å²) >= 11 is 0. The third-order valence-corrected chi connectivity index (χ3v) is 3.26. The molecule has 2 heteroatoms. The number of nitrogens with two attached hydrogens (primary N) is 1. The minimum atomic E-state index is 0.869. The molecule has 1 rings (SSSR count). The predicted octanol–water partition coefficient (Wildman–Crippen LogP) is 2.24. The summed E-state index contributed by atoms with van der Waals surface area (Å²) in [4.78, 5) is 2.64. The van der Waals surface area contributed by atoms with Gasteiger partial charge in [0.25, 0.3) is 0 Å². The van der Waals surface area contributed by atoms with Crippen LogP contribution >= 0.6 is 0 Å². The van der Waals surface area contributed by atoms with Gasteiger partial charge in [0, 0.05) is 6.54 Å². The summed E-state index contributed by atoms with van der Waals surface area (Å²) in [5, 5.41) is 0. The van der Waals surface area contributed by atoms with Gasteiger partial charge in [-0.2, -0.15) is 0 Å². The van der Waals surface area contributed by atoms with Crippen molar-refractivity contribution >= 4 is 0 Å². The largest absolute Gasteiger partial charge is 0.330 e. The molecule has 14 heavy (non-hydrogen) atoms. The fourth-order valence-electron chi connectivity index (χ4n) is 2.41. The van der Waals surface area contributed by atoms with Gasteiger partial charge >= 0.3 is 0 Å². The number of rotatable bonds is 6. The number of hydrogen-bond acceptors (Lipinski definition) is 2. The van der Waals surface area contributed by atoms with Crippen LogP contribution in [0.5, 0.6) is 0 Å². The SMILES string of the molecule is CCCCCN1CCCC(CCN)C1. The summed E-state index contributed by atoms with van der Waals surface area (Å²) in [7, 11) is 0. The molecule has 2 nitrogen and oxygen atoms in total. The zero-order valence-corrected chi connectivity index (χ0v) is 9.67. The van der Waals surface area contributed by atoms with Gasteiger partial charge in [-0.3, -0.25) is 0 Å². The Balaban J connectivity index is 2.12. The van der Waals surface area contributed by atoms with E-state index in [0.29, 0.717) is 0 Å². The van der Waals surface area contributed by atoms with Crippen LogP contribution in [0.4, 0.5) is 0 Å². The molecule has 2 N–H and O–H groups in total. The first-order valence-corrected chi connectivity index (χ1v) is 6.29. The minimum absolute atomic E-state index is 0.869. The smallest absolute Gasteiger partial charge is 0.00101 e. The Morgan fingerprint density at radius 2 is 2.21 bits per heavy atom. The van der Waals surface area contributed by atoms with Crippen molar-refractivity contribution in [3.63, 3.8) is 0 Å². The molecule has 84 valence electrons. The van der Waals surface area contributed by atoms with E-state index in [1.165, 1.54) is 58.2 Å². The molecule has 1 atom stereocenters. The molecule has 1 aliphatic heterocycles. The van der Waals surface area contributed by atoms with E-state index in [1.807, 2.05) is 0 Å². The molecule has 0 aromatic heterocycles.